The van der Waals surface area contributed by atoms with Gasteiger partial charge in [-0.1, -0.05) is 41.5 Å². The fourth-order valence-electron chi connectivity index (χ4n) is 1.53. The zero-order valence-electron chi connectivity index (χ0n) is 16.6. The van der Waals surface area contributed by atoms with Crippen molar-refractivity contribution in [3.8, 4) is 12.3 Å². The quantitative estimate of drug-likeness (QED) is 0.429. The number of terminal acetylenes is 1. The summed E-state index contributed by atoms with van der Waals surface area (Å²) in [5.74, 6) is 2.74. The molecule has 130 valence electrons. The Morgan fingerprint density at radius 1 is 0.909 bits per heavy atom. The van der Waals surface area contributed by atoms with Gasteiger partial charge in [-0.3, -0.25) is 0 Å². The van der Waals surface area contributed by atoms with Crippen molar-refractivity contribution in [2.45, 2.75) is 96.8 Å². The van der Waals surface area contributed by atoms with E-state index in [1.54, 1.807) is 0 Å². The minimum Gasteiger partial charge on any atom is -0.414 e. The first-order valence-corrected chi connectivity index (χ1v) is 14.2. The van der Waals surface area contributed by atoms with Crippen LogP contribution in [-0.2, 0) is 8.85 Å². The Labute approximate surface area is 141 Å². The Hall–Kier alpha value is -0.0862. The highest BCUT2D eigenvalue weighted by atomic mass is 28.4. The molecule has 22 heavy (non-hydrogen) atoms. The van der Waals surface area contributed by atoms with Crippen molar-refractivity contribution in [1.82, 2.24) is 0 Å². The van der Waals surface area contributed by atoms with E-state index in [-0.39, 0.29) is 16.2 Å². The van der Waals surface area contributed by atoms with Gasteiger partial charge in [0.1, 0.15) is 0 Å². The molecule has 2 nitrogen and oxygen atoms in total. The smallest absolute Gasteiger partial charge is 0.192 e. The van der Waals surface area contributed by atoms with E-state index in [4.69, 9.17) is 15.3 Å². The third-order valence-electron chi connectivity index (χ3n) is 5.31. The molecule has 0 fully saturated rings. The Morgan fingerprint density at radius 2 is 1.36 bits per heavy atom. The lowest BCUT2D eigenvalue weighted by Crippen LogP contribution is -2.47. The molecule has 0 aliphatic carbocycles. The normalized spacial score (nSPS) is 15.5. The molecule has 0 saturated heterocycles. The highest BCUT2D eigenvalue weighted by Crippen LogP contribution is 2.39. The van der Waals surface area contributed by atoms with Gasteiger partial charge in [0.25, 0.3) is 0 Å². The number of rotatable bonds is 7. The van der Waals surface area contributed by atoms with Crippen LogP contribution in [0, 0.1) is 12.3 Å². The largest absolute Gasteiger partial charge is 0.414 e. The van der Waals surface area contributed by atoms with Crippen molar-refractivity contribution in [2.75, 3.05) is 6.61 Å². The molecule has 0 bridgehead atoms. The molecular formula is C18H38O2Si2. The second kappa shape index (κ2) is 7.66. The van der Waals surface area contributed by atoms with Crippen molar-refractivity contribution < 1.29 is 8.85 Å². The van der Waals surface area contributed by atoms with Gasteiger partial charge in [-0.25, -0.2) is 0 Å². The van der Waals surface area contributed by atoms with E-state index < -0.39 is 16.6 Å². The van der Waals surface area contributed by atoms with Crippen LogP contribution in [0.4, 0.5) is 0 Å². The number of hydrogen-bond donors (Lipinski definition) is 0. The molecule has 0 rings (SSSR count). The lowest BCUT2D eigenvalue weighted by Gasteiger charge is -2.41. The fraction of sp³-hybridized carbons (Fsp3) is 0.889. The Bertz CT molecular complexity index is 381. The molecule has 0 unspecified atom stereocenters. The highest BCUT2D eigenvalue weighted by molar-refractivity contribution is 6.74. The first kappa shape index (κ1) is 21.9. The van der Waals surface area contributed by atoms with Crippen LogP contribution in [0.1, 0.15) is 54.4 Å². The zero-order chi connectivity index (χ0) is 17.8. The molecule has 0 aromatic rings. The standard InChI is InChI=1S/C18H38O2Si2/c1-12-13-14-16(20-22(10,11)18(5,6)7)15-19-21(8,9)17(2,3)4/h1,16H,13-15H2,2-11H3/t16-/m1/s1. The molecule has 0 spiro atoms. The molecule has 4 heteroatoms. The van der Waals surface area contributed by atoms with E-state index >= 15 is 0 Å². The molecule has 0 aromatic heterocycles. The van der Waals surface area contributed by atoms with Crippen LogP contribution in [0.3, 0.4) is 0 Å². The lowest BCUT2D eigenvalue weighted by atomic mass is 10.2. The van der Waals surface area contributed by atoms with Crippen molar-refractivity contribution in [1.29, 1.82) is 0 Å². The second-order valence-corrected chi connectivity index (χ2v) is 18.9. The van der Waals surface area contributed by atoms with Gasteiger partial charge in [-0.15, -0.1) is 12.3 Å². The summed E-state index contributed by atoms with van der Waals surface area (Å²) >= 11 is 0. The molecule has 0 radical (unpaired) electrons. The van der Waals surface area contributed by atoms with Crippen LogP contribution < -0.4 is 0 Å². The SMILES string of the molecule is C#CCC[C@H](CO[Si](C)(C)C(C)(C)C)O[Si](C)(C)C(C)(C)C. The first-order valence-electron chi connectivity index (χ1n) is 8.39. The maximum absolute atomic E-state index is 6.55. The maximum atomic E-state index is 6.55. The third kappa shape index (κ3) is 6.58. The van der Waals surface area contributed by atoms with Crippen molar-refractivity contribution in [3.63, 3.8) is 0 Å². The van der Waals surface area contributed by atoms with Gasteiger partial charge in [0, 0.05) is 6.42 Å². The van der Waals surface area contributed by atoms with Gasteiger partial charge in [-0.2, -0.15) is 0 Å². The van der Waals surface area contributed by atoms with Gasteiger partial charge in [0.2, 0.25) is 0 Å². The van der Waals surface area contributed by atoms with Gasteiger partial charge in [0.05, 0.1) is 12.7 Å². The minimum absolute atomic E-state index is 0.117. The summed E-state index contributed by atoms with van der Waals surface area (Å²) in [4.78, 5) is 0. The maximum Gasteiger partial charge on any atom is 0.192 e. The van der Waals surface area contributed by atoms with E-state index in [1.165, 1.54) is 0 Å². The first-order chi connectivity index (χ1) is 9.64. The summed E-state index contributed by atoms with van der Waals surface area (Å²) in [5.41, 5.74) is 0. The zero-order valence-corrected chi connectivity index (χ0v) is 18.6. The molecule has 0 aromatic carbocycles. The monoisotopic (exact) mass is 342 g/mol. The van der Waals surface area contributed by atoms with E-state index in [9.17, 15) is 0 Å². The Kier molecular flexibility index (Phi) is 7.63. The topological polar surface area (TPSA) is 18.5 Å². The van der Waals surface area contributed by atoms with Crippen LogP contribution in [0.15, 0.2) is 0 Å². The van der Waals surface area contributed by atoms with Crippen molar-refractivity contribution >= 4 is 16.6 Å². The predicted molar refractivity (Wildman–Crippen MR) is 103 cm³/mol. The van der Waals surface area contributed by atoms with Gasteiger partial charge >= 0.3 is 0 Å². The summed E-state index contributed by atoms with van der Waals surface area (Å²) in [6.45, 7) is 23.5. The summed E-state index contributed by atoms with van der Waals surface area (Å²) in [5, 5.41) is 0.430. The minimum atomic E-state index is -1.79. The van der Waals surface area contributed by atoms with E-state index in [0.717, 1.165) is 12.8 Å². The van der Waals surface area contributed by atoms with E-state index in [0.29, 0.717) is 6.61 Å². The molecule has 0 saturated carbocycles. The molecule has 0 N–H and O–H groups in total. The van der Waals surface area contributed by atoms with Gasteiger partial charge < -0.3 is 8.85 Å². The van der Waals surface area contributed by atoms with Crippen LogP contribution in [0.2, 0.25) is 36.3 Å². The predicted octanol–water partition coefficient (Wildman–Crippen LogP) is 5.81. The molecule has 0 amide bonds. The summed E-state index contributed by atoms with van der Waals surface area (Å²) in [6, 6.07) is 0. The summed E-state index contributed by atoms with van der Waals surface area (Å²) < 4.78 is 12.9. The second-order valence-electron chi connectivity index (χ2n) is 9.31. The van der Waals surface area contributed by atoms with Crippen LogP contribution in [0.25, 0.3) is 0 Å². The molecule has 1 atom stereocenters. The highest BCUT2D eigenvalue weighted by Gasteiger charge is 2.41. The lowest BCUT2D eigenvalue weighted by molar-refractivity contribution is 0.102. The summed E-state index contributed by atoms with van der Waals surface area (Å²) in [7, 11) is -3.54. The molecule has 0 heterocycles. The Morgan fingerprint density at radius 3 is 1.73 bits per heavy atom. The third-order valence-corrected chi connectivity index (χ3v) is 14.4. The Balaban J connectivity index is 4.92. The van der Waals surface area contributed by atoms with Crippen LogP contribution in [-0.4, -0.2) is 29.3 Å². The molecule has 0 aliphatic heterocycles. The van der Waals surface area contributed by atoms with Crippen molar-refractivity contribution in [3.05, 3.63) is 0 Å². The van der Waals surface area contributed by atoms with Crippen molar-refractivity contribution in [2.24, 2.45) is 0 Å². The van der Waals surface area contributed by atoms with E-state index in [2.05, 4.69) is 73.7 Å². The average molecular weight is 343 g/mol. The molecule has 0 aliphatic rings. The summed E-state index contributed by atoms with van der Waals surface area (Å²) in [6.07, 6.45) is 7.20. The fourth-order valence-corrected chi connectivity index (χ4v) is 3.94. The van der Waals surface area contributed by atoms with Crippen LogP contribution in [0.5, 0.6) is 0 Å². The van der Waals surface area contributed by atoms with Crippen LogP contribution >= 0.6 is 0 Å². The van der Waals surface area contributed by atoms with Gasteiger partial charge in [-0.05, 0) is 42.7 Å². The van der Waals surface area contributed by atoms with E-state index in [1.807, 2.05) is 0 Å². The number of hydrogen-bond acceptors (Lipinski definition) is 2. The molecular weight excluding hydrogens is 304 g/mol. The van der Waals surface area contributed by atoms with Gasteiger partial charge in [0.15, 0.2) is 16.6 Å². The average Bonchev–Trinajstić information content (AvgIpc) is 2.29.